The standard InChI is InChI=1S/C11H11N3O3S2/c1-2-3-7-8(19-14-13-7)9(15)12-10-6(11(16)17)4-5-18-10/h4-5H,2-3H2,1H3,(H,12,15)(H,16,17). The second kappa shape index (κ2) is 5.89. The SMILES string of the molecule is CCCc1nnsc1C(=O)Nc1sccc1C(=O)O. The van der Waals surface area contributed by atoms with Crippen molar-refractivity contribution in [2.45, 2.75) is 19.8 Å². The molecule has 2 heterocycles. The van der Waals surface area contributed by atoms with Crippen LogP contribution in [0.4, 0.5) is 5.00 Å². The van der Waals surface area contributed by atoms with Crippen molar-refractivity contribution >= 4 is 39.7 Å². The molecule has 19 heavy (non-hydrogen) atoms. The first-order valence-corrected chi connectivity index (χ1v) is 7.22. The number of nitrogens with one attached hydrogen (secondary N) is 1. The number of aryl methyl sites for hydroxylation is 1. The van der Waals surface area contributed by atoms with Crippen molar-refractivity contribution in [1.29, 1.82) is 0 Å². The van der Waals surface area contributed by atoms with Crippen molar-refractivity contribution in [3.8, 4) is 0 Å². The number of aromatic carboxylic acids is 1. The Labute approximate surface area is 117 Å². The fourth-order valence-corrected chi connectivity index (χ4v) is 2.89. The number of thiophene rings is 1. The summed E-state index contributed by atoms with van der Waals surface area (Å²) in [6.07, 6.45) is 1.54. The van der Waals surface area contributed by atoms with Gasteiger partial charge in [-0.3, -0.25) is 4.79 Å². The minimum Gasteiger partial charge on any atom is -0.478 e. The van der Waals surface area contributed by atoms with Gasteiger partial charge >= 0.3 is 5.97 Å². The Morgan fingerprint density at radius 3 is 2.95 bits per heavy atom. The highest BCUT2D eigenvalue weighted by atomic mass is 32.1. The van der Waals surface area contributed by atoms with Crippen molar-refractivity contribution < 1.29 is 14.7 Å². The Kier molecular flexibility index (Phi) is 4.23. The summed E-state index contributed by atoms with van der Waals surface area (Å²) in [5.41, 5.74) is 0.742. The average molecular weight is 297 g/mol. The van der Waals surface area contributed by atoms with Crippen LogP contribution >= 0.6 is 22.9 Å². The lowest BCUT2D eigenvalue weighted by Gasteiger charge is -2.03. The molecule has 0 radical (unpaired) electrons. The van der Waals surface area contributed by atoms with Gasteiger partial charge in [-0.05, 0) is 29.4 Å². The van der Waals surface area contributed by atoms with E-state index in [0.717, 1.165) is 18.0 Å². The largest absolute Gasteiger partial charge is 0.478 e. The second-order valence-corrected chi connectivity index (χ2v) is 5.39. The van der Waals surface area contributed by atoms with E-state index in [1.807, 2.05) is 6.92 Å². The van der Waals surface area contributed by atoms with E-state index >= 15 is 0 Å². The van der Waals surface area contributed by atoms with E-state index in [1.165, 1.54) is 17.4 Å². The van der Waals surface area contributed by atoms with Crippen molar-refractivity contribution in [3.63, 3.8) is 0 Å². The van der Waals surface area contributed by atoms with E-state index < -0.39 is 5.97 Å². The number of amides is 1. The predicted octanol–water partition coefficient (Wildman–Crippen LogP) is 2.50. The summed E-state index contributed by atoms with van der Waals surface area (Å²) >= 11 is 2.19. The van der Waals surface area contributed by atoms with Gasteiger partial charge in [0.1, 0.15) is 9.88 Å². The molecular formula is C11H11N3O3S2. The van der Waals surface area contributed by atoms with Crippen LogP contribution in [0.15, 0.2) is 11.4 Å². The maximum Gasteiger partial charge on any atom is 0.338 e. The zero-order valence-electron chi connectivity index (χ0n) is 10.0. The van der Waals surface area contributed by atoms with Crippen LogP contribution in [0.1, 0.15) is 39.1 Å². The van der Waals surface area contributed by atoms with E-state index in [9.17, 15) is 9.59 Å². The van der Waals surface area contributed by atoms with Gasteiger partial charge in [-0.15, -0.1) is 16.4 Å². The minimum atomic E-state index is -1.06. The van der Waals surface area contributed by atoms with Crippen molar-refractivity contribution in [2.75, 3.05) is 5.32 Å². The average Bonchev–Trinajstić information content (AvgIpc) is 2.98. The number of carboxylic acids is 1. The number of aromatic nitrogens is 2. The van der Waals surface area contributed by atoms with Gasteiger partial charge in [0.25, 0.3) is 5.91 Å². The first-order valence-electron chi connectivity index (χ1n) is 5.56. The zero-order valence-corrected chi connectivity index (χ0v) is 11.7. The van der Waals surface area contributed by atoms with Crippen molar-refractivity contribution in [2.24, 2.45) is 0 Å². The smallest absolute Gasteiger partial charge is 0.338 e. The fourth-order valence-electron chi connectivity index (χ4n) is 1.52. The number of anilines is 1. The lowest BCUT2D eigenvalue weighted by molar-refractivity contribution is 0.0698. The normalized spacial score (nSPS) is 10.4. The van der Waals surface area contributed by atoms with Crippen LogP contribution in [0.3, 0.4) is 0 Å². The Hall–Kier alpha value is -1.80. The Morgan fingerprint density at radius 2 is 2.26 bits per heavy atom. The van der Waals surface area contributed by atoms with Gasteiger partial charge in [0.15, 0.2) is 0 Å². The highest BCUT2D eigenvalue weighted by Gasteiger charge is 2.19. The van der Waals surface area contributed by atoms with Crippen LogP contribution in [-0.2, 0) is 6.42 Å². The second-order valence-electron chi connectivity index (χ2n) is 3.72. The molecule has 0 aliphatic carbocycles. The van der Waals surface area contributed by atoms with E-state index in [0.29, 0.717) is 22.0 Å². The quantitative estimate of drug-likeness (QED) is 0.884. The molecule has 0 saturated heterocycles. The van der Waals surface area contributed by atoms with Crippen LogP contribution in [0.25, 0.3) is 0 Å². The molecule has 0 atom stereocenters. The van der Waals surface area contributed by atoms with Gasteiger partial charge in [-0.2, -0.15) is 0 Å². The summed E-state index contributed by atoms with van der Waals surface area (Å²) in [5, 5.41) is 17.4. The molecule has 0 saturated carbocycles. The zero-order chi connectivity index (χ0) is 13.8. The topological polar surface area (TPSA) is 92.2 Å². The molecule has 0 unspecified atom stereocenters. The maximum atomic E-state index is 12.1. The lowest BCUT2D eigenvalue weighted by Crippen LogP contribution is -2.13. The third-order valence-corrected chi connectivity index (χ3v) is 3.97. The number of hydrogen-bond donors (Lipinski definition) is 2. The number of carbonyl (C=O) groups excluding carboxylic acids is 1. The monoisotopic (exact) mass is 297 g/mol. The van der Waals surface area contributed by atoms with Crippen LogP contribution in [0.5, 0.6) is 0 Å². The summed E-state index contributed by atoms with van der Waals surface area (Å²) < 4.78 is 3.77. The molecule has 0 spiro atoms. The third-order valence-electron chi connectivity index (χ3n) is 2.37. The van der Waals surface area contributed by atoms with E-state index in [2.05, 4.69) is 14.9 Å². The molecule has 100 valence electrons. The molecule has 0 aliphatic rings. The molecule has 0 aliphatic heterocycles. The molecule has 0 fully saturated rings. The van der Waals surface area contributed by atoms with Gasteiger partial charge in [0.05, 0.1) is 11.3 Å². The van der Waals surface area contributed by atoms with Crippen molar-refractivity contribution in [3.05, 3.63) is 27.6 Å². The summed E-state index contributed by atoms with van der Waals surface area (Å²) in [7, 11) is 0. The minimum absolute atomic E-state index is 0.0906. The Morgan fingerprint density at radius 1 is 1.47 bits per heavy atom. The fraction of sp³-hybridized carbons (Fsp3) is 0.273. The van der Waals surface area contributed by atoms with Crippen molar-refractivity contribution in [1.82, 2.24) is 9.59 Å². The lowest BCUT2D eigenvalue weighted by atomic mass is 10.2. The van der Waals surface area contributed by atoms with Gasteiger partial charge in [0, 0.05) is 0 Å². The van der Waals surface area contributed by atoms with Gasteiger partial charge in [-0.25, -0.2) is 4.79 Å². The molecule has 1 amide bonds. The summed E-state index contributed by atoms with van der Waals surface area (Å²) in [6, 6.07) is 1.46. The predicted molar refractivity (Wildman–Crippen MR) is 73.1 cm³/mol. The molecule has 2 rings (SSSR count). The van der Waals surface area contributed by atoms with Crippen LogP contribution in [0.2, 0.25) is 0 Å². The molecule has 2 N–H and O–H groups in total. The van der Waals surface area contributed by atoms with Gasteiger partial charge < -0.3 is 10.4 Å². The van der Waals surface area contributed by atoms with Crippen LogP contribution in [0, 0.1) is 0 Å². The molecule has 2 aromatic rings. The highest BCUT2D eigenvalue weighted by Crippen LogP contribution is 2.24. The maximum absolute atomic E-state index is 12.1. The molecule has 2 aromatic heterocycles. The molecule has 6 nitrogen and oxygen atoms in total. The number of hydrogen-bond acceptors (Lipinski definition) is 6. The molecule has 0 bridgehead atoms. The molecule has 0 aromatic carbocycles. The number of carbonyl (C=O) groups is 2. The van der Waals surface area contributed by atoms with Gasteiger partial charge in [0.2, 0.25) is 0 Å². The first-order chi connectivity index (χ1) is 9.13. The van der Waals surface area contributed by atoms with E-state index in [4.69, 9.17) is 5.11 Å². The van der Waals surface area contributed by atoms with Gasteiger partial charge in [-0.1, -0.05) is 17.8 Å². The molecular weight excluding hydrogens is 286 g/mol. The number of rotatable bonds is 5. The third kappa shape index (κ3) is 2.96. The number of nitrogens with zero attached hydrogens (tertiary/aromatic N) is 2. The summed E-state index contributed by atoms with van der Waals surface area (Å²) in [5.74, 6) is -1.42. The number of carboxylic acid groups (broad SMARTS) is 1. The van der Waals surface area contributed by atoms with Crippen LogP contribution in [-0.4, -0.2) is 26.6 Å². The van der Waals surface area contributed by atoms with Crippen LogP contribution < -0.4 is 5.32 Å². The van der Waals surface area contributed by atoms with E-state index in [-0.39, 0.29) is 11.5 Å². The first kappa shape index (κ1) is 13.6. The Balaban J connectivity index is 2.19. The summed E-state index contributed by atoms with van der Waals surface area (Å²) in [6.45, 7) is 1.99. The molecule has 8 heteroatoms. The summed E-state index contributed by atoms with van der Waals surface area (Å²) in [4.78, 5) is 23.5. The highest BCUT2D eigenvalue weighted by molar-refractivity contribution is 7.15. The van der Waals surface area contributed by atoms with E-state index in [1.54, 1.807) is 5.38 Å². The Bertz CT molecular complexity index is 606.